The molecular formula is C12H11Cl2N3O2S. The number of hydrogen-bond donors (Lipinski definition) is 2. The number of rotatable bonds is 3. The molecule has 0 fully saturated rings. The van der Waals surface area contributed by atoms with Crippen LogP contribution in [-0.4, -0.2) is 13.4 Å². The standard InChI is InChI=1S/C12H11Cl2N3O2S/c1-7-4-9(14)10(15)6-11(7)20(18,19)17-12-5-8(13)2-3-16-12/h2-6H,15H2,1H3,(H,16,17). The van der Waals surface area contributed by atoms with Gasteiger partial charge in [0.1, 0.15) is 5.82 Å². The Kier molecular flexibility index (Phi) is 4.08. The third-order valence-electron chi connectivity index (χ3n) is 2.54. The van der Waals surface area contributed by atoms with Crippen molar-refractivity contribution in [3.05, 3.63) is 46.1 Å². The summed E-state index contributed by atoms with van der Waals surface area (Å²) in [5, 5.41) is 0.687. The molecule has 0 radical (unpaired) electrons. The van der Waals surface area contributed by atoms with Crippen LogP contribution in [0.3, 0.4) is 0 Å². The predicted octanol–water partition coefficient (Wildman–Crippen LogP) is 3.08. The molecule has 0 aliphatic rings. The SMILES string of the molecule is Cc1cc(Cl)c(N)cc1S(=O)(=O)Nc1cc(Cl)ccn1. The van der Waals surface area contributed by atoms with Gasteiger partial charge in [0.15, 0.2) is 0 Å². The van der Waals surface area contributed by atoms with E-state index < -0.39 is 10.0 Å². The molecule has 0 atom stereocenters. The Hall–Kier alpha value is -1.50. The summed E-state index contributed by atoms with van der Waals surface area (Å²) in [7, 11) is -3.81. The molecule has 0 amide bonds. The van der Waals surface area contributed by atoms with Crippen molar-refractivity contribution >= 4 is 44.7 Å². The fourth-order valence-electron chi connectivity index (χ4n) is 1.61. The highest BCUT2D eigenvalue weighted by Gasteiger charge is 2.19. The first kappa shape index (κ1) is 14.9. The van der Waals surface area contributed by atoms with Gasteiger partial charge in [0, 0.05) is 17.3 Å². The molecule has 0 saturated heterocycles. The van der Waals surface area contributed by atoms with Crippen molar-refractivity contribution in [2.45, 2.75) is 11.8 Å². The maximum Gasteiger partial charge on any atom is 0.263 e. The molecule has 106 valence electrons. The molecule has 0 saturated carbocycles. The number of pyridine rings is 1. The fraction of sp³-hybridized carbons (Fsp3) is 0.0833. The van der Waals surface area contributed by atoms with E-state index in [-0.39, 0.29) is 16.4 Å². The van der Waals surface area contributed by atoms with Crippen molar-refractivity contribution in [2.24, 2.45) is 0 Å². The second-order valence-electron chi connectivity index (χ2n) is 4.10. The van der Waals surface area contributed by atoms with Crippen LogP contribution in [0.15, 0.2) is 35.4 Å². The van der Waals surface area contributed by atoms with E-state index >= 15 is 0 Å². The maximum absolute atomic E-state index is 12.3. The van der Waals surface area contributed by atoms with Gasteiger partial charge in [0.05, 0.1) is 15.6 Å². The number of aromatic nitrogens is 1. The van der Waals surface area contributed by atoms with Gasteiger partial charge in [-0.3, -0.25) is 4.72 Å². The maximum atomic E-state index is 12.3. The number of hydrogen-bond acceptors (Lipinski definition) is 4. The molecule has 20 heavy (non-hydrogen) atoms. The fourth-order valence-corrected chi connectivity index (χ4v) is 3.25. The van der Waals surface area contributed by atoms with Crippen LogP contribution in [0, 0.1) is 6.92 Å². The van der Waals surface area contributed by atoms with Crippen LogP contribution in [0.4, 0.5) is 11.5 Å². The molecule has 1 aromatic carbocycles. The Morgan fingerprint density at radius 1 is 1.25 bits per heavy atom. The zero-order chi connectivity index (χ0) is 14.9. The van der Waals surface area contributed by atoms with Crippen LogP contribution in [-0.2, 0) is 10.0 Å². The van der Waals surface area contributed by atoms with E-state index in [4.69, 9.17) is 28.9 Å². The summed E-state index contributed by atoms with van der Waals surface area (Å²) < 4.78 is 26.9. The van der Waals surface area contributed by atoms with Crippen LogP contribution < -0.4 is 10.5 Å². The van der Waals surface area contributed by atoms with E-state index in [0.717, 1.165) is 0 Å². The lowest BCUT2D eigenvalue weighted by atomic mass is 10.2. The summed E-state index contributed by atoms with van der Waals surface area (Å²) in [5.41, 5.74) is 6.32. The first-order valence-corrected chi connectivity index (χ1v) is 7.73. The van der Waals surface area contributed by atoms with E-state index in [1.54, 1.807) is 13.0 Å². The summed E-state index contributed by atoms with van der Waals surface area (Å²) >= 11 is 11.6. The number of benzene rings is 1. The number of sulfonamides is 1. The highest BCUT2D eigenvalue weighted by atomic mass is 35.5. The summed E-state index contributed by atoms with van der Waals surface area (Å²) in [6.07, 6.45) is 1.41. The normalized spacial score (nSPS) is 11.3. The predicted molar refractivity (Wildman–Crippen MR) is 80.7 cm³/mol. The van der Waals surface area contributed by atoms with Gasteiger partial charge >= 0.3 is 0 Å². The lowest BCUT2D eigenvalue weighted by Gasteiger charge is -2.11. The van der Waals surface area contributed by atoms with Crippen molar-refractivity contribution in [1.82, 2.24) is 4.98 Å². The van der Waals surface area contributed by atoms with E-state index in [1.807, 2.05) is 0 Å². The van der Waals surface area contributed by atoms with E-state index in [0.29, 0.717) is 15.6 Å². The third-order valence-corrected chi connectivity index (χ3v) is 4.60. The Morgan fingerprint density at radius 3 is 2.60 bits per heavy atom. The quantitative estimate of drug-likeness (QED) is 0.846. The molecule has 0 bridgehead atoms. The number of nitrogen functional groups attached to an aromatic ring is 1. The van der Waals surface area contributed by atoms with Gasteiger partial charge in [-0.1, -0.05) is 23.2 Å². The van der Waals surface area contributed by atoms with Gasteiger partial charge in [0.25, 0.3) is 10.0 Å². The molecule has 0 aliphatic heterocycles. The van der Waals surface area contributed by atoms with Crippen molar-refractivity contribution in [1.29, 1.82) is 0 Å². The average molecular weight is 332 g/mol. The smallest absolute Gasteiger partial charge is 0.263 e. The summed E-state index contributed by atoms with van der Waals surface area (Å²) in [6.45, 7) is 1.63. The topological polar surface area (TPSA) is 85.1 Å². The Balaban J connectivity index is 2.43. The number of anilines is 2. The highest BCUT2D eigenvalue weighted by molar-refractivity contribution is 7.92. The zero-order valence-corrected chi connectivity index (χ0v) is 12.7. The van der Waals surface area contributed by atoms with Crippen LogP contribution in [0.1, 0.15) is 5.56 Å². The van der Waals surface area contributed by atoms with E-state index in [2.05, 4.69) is 9.71 Å². The van der Waals surface area contributed by atoms with Crippen molar-refractivity contribution < 1.29 is 8.42 Å². The van der Waals surface area contributed by atoms with E-state index in [9.17, 15) is 8.42 Å². The molecule has 1 aromatic heterocycles. The summed E-state index contributed by atoms with van der Waals surface area (Å²) in [4.78, 5) is 3.93. The molecule has 1 heterocycles. The molecule has 2 aromatic rings. The lowest BCUT2D eigenvalue weighted by Crippen LogP contribution is -2.15. The van der Waals surface area contributed by atoms with Crippen LogP contribution in [0.2, 0.25) is 10.0 Å². The second-order valence-corrected chi connectivity index (χ2v) is 6.60. The third kappa shape index (κ3) is 3.15. The molecule has 8 heteroatoms. The number of nitrogens with one attached hydrogen (secondary N) is 1. The first-order chi connectivity index (χ1) is 9.29. The van der Waals surface area contributed by atoms with Gasteiger partial charge in [0.2, 0.25) is 0 Å². The lowest BCUT2D eigenvalue weighted by molar-refractivity contribution is 0.600. The summed E-state index contributed by atoms with van der Waals surface area (Å²) in [6, 6.07) is 5.76. The van der Waals surface area contributed by atoms with E-state index in [1.165, 1.54) is 24.4 Å². The number of halogens is 2. The average Bonchev–Trinajstić information content (AvgIpc) is 2.33. The minimum atomic E-state index is -3.81. The molecular weight excluding hydrogens is 321 g/mol. The van der Waals surface area contributed by atoms with Crippen molar-refractivity contribution in [3.8, 4) is 0 Å². The molecule has 5 nitrogen and oxygen atoms in total. The van der Waals surface area contributed by atoms with Crippen LogP contribution in [0.5, 0.6) is 0 Å². The highest BCUT2D eigenvalue weighted by Crippen LogP contribution is 2.27. The number of aryl methyl sites for hydroxylation is 1. The molecule has 0 unspecified atom stereocenters. The van der Waals surface area contributed by atoms with Crippen LogP contribution in [0.25, 0.3) is 0 Å². The monoisotopic (exact) mass is 331 g/mol. The molecule has 3 N–H and O–H groups in total. The van der Waals surface area contributed by atoms with Crippen molar-refractivity contribution in [2.75, 3.05) is 10.5 Å². The Labute approximate surface area is 126 Å². The number of nitrogens with zero attached hydrogens (tertiary/aromatic N) is 1. The number of nitrogens with two attached hydrogens (primary N) is 1. The van der Waals surface area contributed by atoms with Crippen LogP contribution >= 0.6 is 23.2 Å². The largest absolute Gasteiger partial charge is 0.397 e. The Bertz CT molecular complexity index is 763. The first-order valence-electron chi connectivity index (χ1n) is 5.49. The summed E-state index contributed by atoms with van der Waals surface area (Å²) in [5.74, 6) is 0.130. The zero-order valence-electron chi connectivity index (χ0n) is 10.4. The van der Waals surface area contributed by atoms with Gasteiger partial charge in [-0.2, -0.15) is 0 Å². The molecule has 2 rings (SSSR count). The molecule has 0 aliphatic carbocycles. The van der Waals surface area contributed by atoms with Gasteiger partial charge in [-0.05, 0) is 30.7 Å². The van der Waals surface area contributed by atoms with Gasteiger partial charge < -0.3 is 5.73 Å². The second kappa shape index (κ2) is 5.47. The Morgan fingerprint density at radius 2 is 1.95 bits per heavy atom. The minimum absolute atomic E-state index is 0.0428. The van der Waals surface area contributed by atoms with Gasteiger partial charge in [-0.25, -0.2) is 13.4 Å². The minimum Gasteiger partial charge on any atom is -0.397 e. The molecule has 0 spiro atoms. The van der Waals surface area contributed by atoms with Crippen molar-refractivity contribution in [3.63, 3.8) is 0 Å². The van der Waals surface area contributed by atoms with Gasteiger partial charge in [-0.15, -0.1) is 0 Å².